The zero-order valence-corrected chi connectivity index (χ0v) is 12.6. The van der Waals surface area contributed by atoms with Gasteiger partial charge in [0.1, 0.15) is 6.54 Å². The Morgan fingerprint density at radius 2 is 2.10 bits per heavy atom. The molecular formula is C15H22N4O2. The third-order valence-corrected chi connectivity index (χ3v) is 4.80. The first-order valence-corrected chi connectivity index (χ1v) is 7.62. The molecule has 2 bridgehead atoms. The number of aryl methyl sites for hydroxylation is 2. The van der Waals surface area contributed by atoms with Crippen LogP contribution in [-0.4, -0.2) is 21.6 Å². The maximum absolute atomic E-state index is 12.1. The third-order valence-electron chi connectivity index (χ3n) is 4.80. The first kappa shape index (κ1) is 14.1. The molecule has 0 aromatic carbocycles. The van der Waals surface area contributed by atoms with E-state index in [1.54, 1.807) is 4.68 Å². The molecular weight excluding hydrogens is 268 g/mol. The highest BCUT2D eigenvalue weighted by Gasteiger charge is 2.43. The molecule has 1 aromatic heterocycles. The van der Waals surface area contributed by atoms with E-state index >= 15 is 0 Å². The highest BCUT2D eigenvalue weighted by Crippen LogP contribution is 2.48. The van der Waals surface area contributed by atoms with Crippen LogP contribution in [0.5, 0.6) is 0 Å². The topological polar surface area (TPSA) is 76.0 Å². The van der Waals surface area contributed by atoms with Crippen molar-refractivity contribution in [3.05, 3.63) is 17.5 Å². The standard InChI is InChI=1S/C15H22N4O2/c1-9-5-10(2)19(18-9)8-14(20)16-17-15(21)13-7-11-3-4-12(13)6-11/h5,11-13H,3-4,6-8H2,1-2H3,(H,16,20)(H,17,21). The summed E-state index contributed by atoms with van der Waals surface area (Å²) >= 11 is 0. The number of hydrazine groups is 1. The van der Waals surface area contributed by atoms with Crippen molar-refractivity contribution in [2.24, 2.45) is 17.8 Å². The molecule has 2 fully saturated rings. The molecule has 0 spiro atoms. The normalized spacial score (nSPS) is 26.9. The van der Waals surface area contributed by atoms with Crippen LogP contribution in [0.2, 0.25) is 0 Å². The molecule has 2 saturated carbocycles. The maximum atomic E-state index is 12.1. The molecule has 0 saturated heterocycles. The Kier molecular flexibility index (Phi) is 3.69. The molecule has 21 heavy (non-hydrogen) atoms. The molecule has 6 heteroatoms. The monoisotopic (exact) mass is 290 g/mol. The van der Waals surface area contributed by atoms with Crippen molar-refractivity contribution >= 4 is 11.8 Å². The summed E-state index contributed by atoms with van der Waals surface area (Å²) in [4.78, 5) is 24.0. The lowest BCUT2D eigenvalue weighted by atomic mass is 9.88. The van der Waals surface area contributed by atoms with Crippen molar-refractivity contribution in [2.75, 3.05) is 0 Å². The van der Waals surface area contributed by atoms with E-state index in [0.717, 1.165) is 30.1 Å². The van der Waals surface area contributed by atoms with E-state index in [1.165, 1.54) is 12.8 Å². The number of hydrogen-bond acceptors (Lipinski definition) is 3. The Labute approximate surface area is 124 Å². The Hall–Kier alpha value is -1.85. The van der Waals surface area contributed by atoms with Gasteiger partial charge >= 0.3 is 0 Å². The summed E-state index contributed by atoms with van der Waals surface area (Å²) in [6, 6.07) is 1.92. The van der Waals surface area contributed by atoms with E-state index in [0.29, 0.717) is 5.92 Å². The van der Waals surface area contributed by atoms with E-state index in [1.807, 2.05) is 19.9 Å². The van der Waals surface area contributed by atoms with Gasteiger partial charge in [-0.1, -0.05) is 6.42 Å². The lowest BCUT2D eigenvalue weighted by Crippen LogP contribution is -2.46. The van der Waals surface area contributed by atoms with Gasteiger partial charge in [0, 0.05) is 11.6 Å². The number of rotatable bonds is 3. The summed E-state index contributed by atoms with van der Waals surface area (Å²) in [6.07, 6.45) is 4.57. The Bertz CT molecular complexity index is 566. The van der Waals surface area contributed by atoms with Crippen molar-refractivity contribution in [3.8, 4) is 0 Å². The van der Waals surface area contributed by atoms with E-state index in [-0.39, 0.29) is 24.3 Å². The van der Waals surface area contributed by atoms with Crippen LogP contribution in [0.3, 0.4) is 0 Å². The highest BCUT2D eigenvalue weighted by molar-refractivity contribution is 5.83. The van der Waals surface area contributed by atoms with Crippen molar-refractivity contribution in [1.29, 1.82) is 0 Å². The Morgan fingerprint density at radius 3 is 2.67 bits per heavy atom. The molecule has 6 nitrogen and oxygen atoms in total. The SMILES string of the molecule is Cc1cc(C)n(CC(=O)NNC(=O)C2CC3CCC2C3)n1. The highest BCUT2D eigenvalue weighted by atomic mass is 16.2. The number of nitrogens with one attached hydrogen (secondary N) is 2. The predicted octanol–water partition coefficient (Wildman–Crippen LogP) is 1.08. The molecule has 0 aliphatic heterocycles. The van der Waals surface area contributed by atoms with Gasteiger partial charge in [-0.3, -0.25) is 25.1 Å². The van der Waals surface area contributed by atoms with Crippen LogP contribution in [0, 0.1) is 31.6 Å². The van der Waals surface area contributed by atoms with Gasteiger partial charge in [-0.25, -0.2) is 0 Å². The van der Waals surface area contributed by atoms with Crippen LogP contribution in [-0.2, 0) is 16.1 Å². The van der Waals surface area contributed by atoms with Crippen molar-refractivity contribution in [1.82, 2.24) is 20.6 Å². The van der Waals surface area contributed by atoms with Crippen molar-refractivity contribution in [2.45, 2.75) is 46.1 Å². The van der Waals surface area contributed by atoms with Crippen molar-refractivity contribution in [3.63, 3.8) is 0 Å². The number of carbonyl (C=O) groups is 2. The van der Waals surface area contributed by atoms with Gasteiger partial charge in [0.25, 0.3) is 5.91 Å². The maximum Gasteiger partial charge on any atom is 0.260 e. The molecule has 2 amide bonds. The van der Waals surface area contributed by atoms with E-state index in [2.05, 4.69) is 16.0 Å². The smallest absolute Gasteiger partial charge is 0.260 e. The summed E-state index contributed by atoms with van der Waals surface area (Å²) in [5, 5.41) is 4.23. The first-order valence-electron chi connectivity index (χ1n) is 7.62. The molecule has 3 unspecified atom stereocenters. The molecule has 3 atom stereocenters. The zero-order chi connectivity index (χ0) is 15.0. The summed E-state index contributed by atoms with van der Waals surface area (Å²) < 4.78 is 1.63. The largest absolute Gasteiger partial charge is 0.273 e. The quantitative estimate of drug-likeness (QED) is 0.818. The number of hydrogen-bond donors (Lipinski definition) is 2. The van der Waals surface area contributed by atoms with Gasteiger partial charge in [-0.15, -0.1) is 0 Å². The summed E-state index contributed by atoms with van der Waals surface area (Å²) in [6.45, 7) is 3.91. The van der Waals surface area contributed by atoms with Crippen LogP contribution in [0.1, 0.15) is 37.1 Å². The molecule has 0 radical (unpaired) electrons. The van der Waals surface area contributed by atoms with Crippen LogP contribution in [0.4, 0.5) is 0 Å². The number of carbonyl (C=O) groups excluding carboxylic acids is 2. The molecule has 2 aliphatic rings. The summed E-state index contributed by atoms with van der Waals surface area (Å²) in [5.41, 5.74) is 6.89. The Morgan fingerprint density at radius 1 is 1.29 bits per heavy atom. The summed E-state index contributed by atoms with van der Waals surface area (Å²) in [7, 11) is 0. The zero-order valence-electron chi connectivity index (χ0n) is 12.6. The fourth-order valence-corrected chi connectivity index (χ4v) is 3.80. The van der Waals surface area contributed by atoms with E-state index in [9.17, 15) is 9.59 Å². The molecule has 1 aromatic rings. The van der Waals surface area contributed by atoms with Crippen LogP contribution < -0.4 is 10.9 Å². The van der Waals surface area contributed by atoms with Gasteiger partial charge in [0.2, 0.25) is 5.91 Å². The summed E-state index contributed by atoms with van der Waals surface area (Å²) in [5.74, 6) is 1.03. The number of amides is 2. The average molecular weight is 290 g/mol. The van der Waals surface area contributed by atoms with Gasteiger partial charge in [0.05, 0.1) is 5.69 Å². The van der Waals surface area contributed by atoms with E-state index < -0.39 is 0 Å². The molecule has 114 valence electrons. The van der Waals surface area contributed by atoms with Gasteiger partial charge < -0.3 is 0 Å². The number of aromatic nitrogens is 2. The van der Waals surface area contributed by atoms with Crippen LogP contribution >= 0.6 is 0 Å². The second kappa shape index (κ2) is 5.50. The lowest BCUT2D eigenvalue weighted by Gasteiger charge is -2.20. The fourth-order valence-electron chi connectivity index (χ4n) is 3.80. The molecule has 2 aliphatic carbocycles. The van der Waals surface area contributed by atoms with Gasteiger partial charge in [0.15, 0.2) is 0 Å². The van der Waals surface area contributed by atoms with Gasteiger partial charge in [-0.05, 0) is 51.0 Å². The van der Waals surface area contributed by atoms with Crippen LogP contribution in [0.15, 0.2) is 6.07 Å². The predicted molar refractivity (Wildman–Crippen MR) is 76.9 cm³/mol. The average Bonchev–Trinajstić information content (AvgIpc) is 3.12. The second-order valence-corrected chi connectivity index (χ2v) is 6.40. The number of nitrogens with zero attached hydrogens (tertiary/aromatic N) is 2. The molecule has 2 N–H and O–H groups in total. The van der Waals surface area contributed by atoms with E-state index in [4.69, 9.17) is 0 Å². The lowest BCUT2D eigenvalue weighted by molar-refractivity contribution is -0.132. The Balaban J connectivity index is 1.47. The van der Waals surface area contributed by atoms with Crippen molar-refractivity contribution < 1.29 is 9.59 Å². The fraction of sp³-hybridized carbons (Fsp3) is 0.667. The number of fused-ring (bicyclic) bond motifs is 2. The third kappa shape index (κ3) is 2.94. The van der Waals surface area contributed by atoms with Crippen LogP contribution in [0.25, 0.3) is 0 Å². The molecule has 3 rings (SSSR count). The molecule has 1 heterocycles. The first-order chi connectivity index (χ1) is 10.0. The minimum atomic E-state index is -0.252. The second-order valence-electron chi connectivity index (χ2n) is 6.40. The van der Waals surface area contributed by atoms with Gasteiger partial charge in [-0.2, -0.15) is 5.10 Å². The minimum absolute atomic E-state index is 0.0380. The minimum Gasteiger partial charge on any atom is -0.273 e.